The molecular weight excluding hydrogens is 250 g/mol. The van der Waals surface area contributed by atoms with E-state index in [0.717, 1.165) is 24.5 Å². The number of aromatic nitrogens is 2. The van der Waals surface area contributed by atoms with Crippen LogP contribution in [0.5, 0.6) is 0 Å². The Morgan fingerprint density at radius 3 is 2.72 bits per heavy atom. The van der Waals surface area contributed by atoms with E-state index in [2.05, 4.69) is 17.3 Å². The van der Waals surface area contributed by atoms with Crippen LogP contribution in [0.25, 0.3) is 0 Å². The van der Waals surface area contributed by atoms with Crippen molar-refractivity contribution < 1.29 is 8.42 Å². The Balaban J connectivity index is 2.25. The quantitative estimate of drug-likeness (QED) is 0.886. The fraction of sp³-hybridized carbons (Fsp3) is 0.750. The monoisotopic (exact) mass is 271 g/mol. The standard InChI is InChI=1S/C12H21N3O2S/c1-4-13-7-12-9(2)14-15(10(12)3)11-5-6-18(16,17)8-11/h11,13H,4-8H2,1-3H3. The molecule has 18 heavy (non-hydrogen) atoms. The van der Waals surface area contributed by atoms with Crippen molar-refractivity contribution in [3.8, 4) is 0 Å². The molecule has 5 nitrogen and oxygen atoms in total. The van der Waals surface area contributed by atoms with E-state index in [1.165, 1.54) is 5.56 Å². The summed E-state index contributed by atoms with van der Waals surface area (Å²) in [7, 11) is -2.86. The van der Waals surface area contributed by atoms with Gasteiger partial charge in [0.05, 0.1) is 23.2 Å². The number of nitrogens with zero attached hydrogens (tertiary/aromatic N) is 2. The van der Waals surface area contributed by atoms with E-state index in [4.69, 9.17) is 0 Å². The minimum atomic E-state index is -2.86. The van der Waals surface area contributed by atoms with E-state index in [1.807, 2.05) is 18.5 Å². The molecule has 0 amide bonds. The van der Waals surface area contributed by atoms with Gasteiger partial charge in [-0.25, -0.2) is 8.42 Å². The Bertz CT molecular complexity index is 534. The summed E-state index contributed by atoms with van der Waals surface area (Å²) in [6.45, 7) is 7.80. The first-order chi connectivity index (χ1) is 8.44. The molecule has 1 aliphatic heterocycles. The van der Waals surface area contributed by atoms with Crippen molar-refractivity contribution in [1.82, 2.24) is 15.1 Å². The Morgan fingerprint density at radius 2 is 2.17 bits per heavy atom. The van der Waals surface area contributed by atoms with E-state index < -0.39 is 9.84 Å². The first-order valence-corrected chi connectivity index (χ1v) is 8.22. The van der Waals surface area contributed by atoms with Crippen molar-refractivity contribution in [3.05, 3.63) is 17.0 Å². The van der Waals surface area contributed by atoms with Crippen molar-refractivity contribution in [2.75, 3.05) is 18.1 Å². The zero-order chi connectivity index (χ0) is 13.3. The van der Waals surface area contributed by atoms with Gasteiger partial charge in [-0.3, -0.25) is 4.68 Å². The van der Waals surface area contributed by atoms with E-state index >= 15 is 0 Å². The van der Waals surface area contributed by atoms with Gasteiger partial charge in [-0.15, -0.1) is 0 Å². The van der Waals surface area contributed by atoms with Crippen LogP contribution in [-0.4, -0.2) is 36.2 Å². The fourth-order valence-corrected chi connectivity index (χ4v) is 4.22. The average molecular weight is 271 g/mol. The molecule has 0 radical (unpaired) electrons. The summed E-state index contributed by atoms with van der Waals surface area (Å²) in [5.41, 5.74) is 3.29. The van der Waals surface area contributed by atoms with Crippen molar-refractivity contribution in [2.24, 2.45) is 0 Å². The maximum absolute atomic E-state index is 11.5. The van der Waals surface area contributed by atoms with Crippen LogP contribution in [-0.2, 0) is 16.4 Å². The molecule has 2 rings (SSSR count). The van der Waals surface area contributed by atoms with Gasteiger partial charge in [-0.05, 0) is 26.8 Å². The molecule has 2 heterocycles. The minimum absolute atomic E-state index is 0.0177. The topological polar surface area (TPSA) is 64.0 Å². The third-order valence-corrected chi connectivity index (χ3v) is 5.33. The van der Waals surface area contributed by atoms with Gasteiger partial charge in [0, 0.05) is 17.8 Å². The van der Waals surface area contributed by atoms with Crippen LogP contribution < -0.4 is 5.32 Å². The second kappa shape index (κ2) is 5.01. The van der Waals surface area contributed by atoms with Gasteiger partial charge in [0.2, 0.25) is 0 Å². The molecule has 0 aliphatic carbocycles. The molecule has 1 fully saturated rings. The molecule has 102 valence electrons. The summed E-state index contributed by atoms with van der Waals surface area (Å²) in [5, 5.41) is 7.82. The lowest BCUT2D eigenvalue weighted by Gasteiger charge is -2.11. The highest BCUT2D eigenvalue weighted by molar-refractivity contribution is 7.91. The highest BCUT2D eigenvalue weighted by Gasteiger charge is 2.31. The highest BCUT2D eigenvalue weighted by Crippen LogP contribution is 2.26. The van der Waals surface area contributed by atoms with Crippen LogP contribution in [0.1, 0.15) is 36.3 Å². The summed E-state index contributed by atoms with van der Waals surface area (Å²) in [6.07, 6.45) is 0.685. The summed E-state index contributed by atoms with van der Waals surface area (Å²) < 4.78 is 25.0. The molecular formula is C12H21N3O2S. The third kappa shape index (κ3) is 2.59. The van der Waals surface area contributed by atoms with Gasteiger partial charge < -0.3 is 5.32 Å². The molecule has 1 aliphatic rings. The van der Waals surface area contributed by atoms with Crippen molar-refractivity contribution >= 4 is 9.84 Å². The molecule has 1 unspecified atom stereocenters. The third-order valence-electron chi connectivity index (χ3n) is 3.58. The number of rotatable bonds is 4. The largest absolute Gasteiger partial charge is 0.313 e. The second-order valence-electron chi connectivity index (χ2n) is 4.93. The van der Waals surface area contributed by atoms with Gasteiger partial charge in [0.1, 0.15) is 0 Å². The van der Waals surface area contributed by atoms with E-state index in [9.17, 15) is 8.42 Å². The Hall–Kier alpha value is -0.880. The van der Waals surface area contributed by atoms with Gasteiger partial charge in [0.25, 0.3) is 0 Å². The van der Waals surface area contributed by atoms with Crippen LogP contribution in [0.15, 0.2) is 0 Å². The van der Waals surface area contributed by atoms with Crippen LogP contribution in [0, 0.1) is 13.8 Å². The predicted molar refractivity (Wildman–Crippen MR) is 71.4 cm³/mol. The fourth-order valence-electron chi connectivity index (χ4n) is 2.53. The molecule has 1 aromatic rings. The lowest BCUT2D eigenvalue weighted by Crippen LogP contribution is -2.15. The average Bonchev–Trinajstić information content (AvgIpc) is 2.78. The van der Waals surface area contributed by atoms with Gasteiger partial charge in [-0.1, -0.05) is 6.92 Å². The van der Waals surface area contributed by atoms with Gasteiger partial charge in [-0.2, -0.15) is 5.10 Å². The van der Waals surface area contributed by atoms with Crippen LogP contribution in [0.2, 0.25) is 0 Å². The predicted octanol–water partition coefficient (Wildman–Crippen LogP) is 0.969. The molecule has 0 spiro atoms. The van der Waals surface area contributed by atoms with Crippen LogP contribution in [0.4, 0.5) is 0 Å². The molecule has 0 aromatic carbocycles. The van der Waals surface area contributed by atoms with Crippen LogP contribution in [0.3, 0.4) is 0 Å². The Morgan fingerprint density at radius 1 is 1.44 bits per heavy atom. The number of aryl methyl sites for hydroxylation is 1. The number of nitrogens with one attached hydrogen (secondary N) is 1. The Labute approximate surface area is 108 Å². The zero-order valence-corrected chi connectivity index (χ0v) is 12.0. The van der Waals surface area contributed by atoms with Gasteiger partial charge in [0.15, 0.2) is 9.84 Å². The molecule has 0 bridgehead atoms. The molecule has 1 saturated heterocycles. The summed E-state index contributed by atoms with van der Waals surface area (Å²) in [6, 6.07) is 0.0177. The summed E-state index contributed by atoms with van der Waals surface area (Å²) >= 11 is 0. The molecule has 1 N–H and O–H groups in total. The molecule has 1 aromatic heterocycles. The number of sulfone groups is 1. The lowest BCUT2D eigenvalue weighted by atomic mass is 10.2. The highest BCUT2D eigenvalue weighted by atomic mass is 32.2. The summed E-state index contributed by atoms with van der Waals surface area (Å²) in [5.74, 6) is 0.522. The van der Waals surface area contributed by atoms with Gasteiger partial charge >= 0.3 is 0 Å². The van der Waals surface area contributed by atoms with E-state index in [-0.39, 0.29) is 11.8 Å². The van der Waals surface area contributed by atoms with Crippen LogP contribution >= 0.6 is 0 Å². The summed E-state index contributed by atoms with van der Waals surface area (Å²) in [4.78, 5) is 0. The molecule has 6 heteroatoms. The van der Waals surface area contributed by atoms with Crippen molar-refractivity contribution in [2.45, 2.75) is 39.8 Å². The van der Waals surface area contributed by atoms with Crippen molar-refractivity contribution in [1.29, 1.82) is 0 Å². The smallest absolute Gasteiger partial charge is 0.152 e. The maximum Gasteiger partial charge on any atom is 0.152 e. The SMILES string of the molecule is CCNCc1c(C)nn(C2CCS(=O)(=O)C2)c1C. The zero-order valence-electron chi connectivity index (χ0n) is 11.2. The first-order valence-electron chi connectivity index (χ1n) is 6.40. The number of hydrogen-bond acceptors (Lipinski definition) is 4. The molecule has 1 atom stereocenters. The lowest BCUT2D eigenvalue weighted by molar-refractivity contribution is 0.485. The maximum atomic E-state index is 11.5. The number of hydrogen-bond donors (Lipinski definition) is 1. The minimum Gasteiger partial charge on any atom is -0.313 e. The van der Waals surface area contributed by atoms with E-state index in [0.29, 0.717) is 12.2 Å². The Kier molecular flexibility index (Phi) is 3.77. The second-order valence-corrected chi connectivity index (χ2v) is 7.16. The first kappa shape index (κ1) is 13.5. The normalized spacial score (nSPS) is 22.5. The molecule has 0 saturated carbocycles. The van der Waals surface area contributed by atoms with E-state index in [1.54, 1.807) is 0 Å². The van der Waals surface area contributed by atoms with Crippen molar-refractivity contribution in [3.63, 3.8) is 0 Å².